The van der Waals surface area contributed by atoms with Gasteiger partial charge in [-0.1, -0.05) is 12.1 Å². The van der Waals surface area contributed by atoms with Gasteiger partial charge in [0.25, 0.3) is 0 Å². The first-order valence-corrected chi connectivity index (χ1v) is 11.4. The summed E-state index contributed by atoms with van der Waals surface area (Å²) in [6.07, 6.45) is -0.806. The molecule has 0 spiro atoms. The van der Waals surface area contributed by atoms with Crippen molar-refractivity contribution in [3.63, 3.8) is 0 Å². The lowest BCUT2D eigenvalue weighted by Gasteiger charge is -2.24. The number of phenolic OH excluding ortho intramolecular Hbond substituents is 1. The Kier molecular flexibility index (Phi) is 12.2. The van der Waals surface area contributed by atoms with E-state index in [0.29, 0.717) is 5.56 Å². The molecule has 12 nitrogen and oxygen atoms in total. The van der Waals surface area contributed by atoms with Crippen LogP contribution in [0.4, 0.5) is 0 Å². The Balaban J connectivity index is 2.89. The highest BCUT2D eigenvalue weighted by atomic mass is 32.1. The van der Waals surface area contributed by atoms with Crippen molar-refractivity contribution in [1.82, 2.24) is 16.0 Å². The van der Waals surface area contributed by atoms with Crippen molar-refractivity contribution in [3.05, 3.63) is 29.8 Å². The minimum atomic E-state index is -1.34. The minimum Gasteiger partial charge on any atom is -0.508 e. The summed E-state index contributed by atoms with van der Waals surface area (Å²) < 4.78 is 0. The van der Waals surface area contributed by atoms with Crippen molar-refractivity contribution in [3.8, 4) is 5.75 Å². The second kappa shape index (κ2) is 14.3. The first kappa shape index (κ1) is 29.1. The highest BCUT2D eigenvalue weighted by molar-refractivity contribution is 7.80. The number of hydrogen-bond donors (Lipinski definition) is 9. The second-order valence-electron chi connectivity index (χ2n) is 7.30. The number of benzene rings is 1. The molecule has 0 radical (unpaired) electrons. The number of carboxylic acid groups (broad SMARTS) is 2. The Morgan fingerprint density at radius 2 is 1.35 bits per heavy atom. The van der Waals surface area contributed by atoms with Crippen molar-refractivity contribution >= 4 is 54.9 Å². The molecule has 0 saturated heterocycles. The van der Waals surface area contributed by atoms with E-state index >= 15 is 0 Å². The molecule has 14 heteroatoms. The maximum absolute atomic E-state index is 12.7. The van der Waals surface area contributed by atoms with Crippen LogP contribution in [-0.4, -0.2) is 80.7 Å². The van der Waals surface area contributed by atoms with E-state index in [1.807, 2.05) is 0 Å². The predicted octanol–water partition coefficient (Wildman–Crippen LogP) is -1.47. The molecular weight excluding hydrogens is 488 g/mol. The van der Waals surface area contributed by atoms with Gasteiger partial charge in [0.1, 0.15) is 23.9 Å². The minimum absolute atomic E-state index is 0.00243. The molecule has 0 aliphatic heterocycles. The zero-order chi connectivity index (χ0) is 25.8. The van der Waals surface area contributed by atoms with Gasteiger partial charge in [-0.3, -0.25) is 19.2 Å². The number of nitrogens with one attached hydrogen (secondary N) is 3. The summed E-state index contributed by atoms with van der Waals surface area (Å²) >= 11 is 7.92. The van der Waals surface area contributed by atoms with Gasteiger partial charge < -0.3 is 37.0 Å². The molecule has 0 heterocycles. The lowest BCUT2D eigenvalue weighted by atomic mass is 10.1. The molecule has 0 bridgehead atoms. The Bertz CT molecular complexity index is 884. The van der Waals surface area contributed by atoms with Crippen LogP contribution in [0.15, 0.2) is 24.3 Å². The Hall–Kier alpha value is -2.97. The van der Waals surface area contributed by atoms with Gasteiger partial charge in [-0.15, -0.1) is 0 Å². The SMILES string of the molecule is NC(CS)C(=O)NC(CCC(=O)O)C(=O)NC(CS)C(=O)NC(Cc1ccc(O)cc1)C(=O)O. The number of hydrogen-bond acceptors (Lipinski definition) is 9. The fourth-order valence-electron chi connectivity index (χ4n) is 2.70. The molecule has 8 N–H and O–H groups in total. The van der Waals surface area contributed by atoms with Crippen LogP contribution in [0.25, 0.3) is 0 Å². The van der Waals surface area contributed by atoms with Gasteiger partial charge in [0.15, 0.2) is 0 Å². The van der Waals surface area contributed by atoms with Crippen LogP contribution < -0.4 is 21.7 Å². The second-order valence-corrected chi connectivity index (χ2v) is 8.03. The maximum Gasteiger partial charge on any atom is 0.326 e. The molecule has 1 aromatic carbocycles. The van der Waals surface area contributed by atoms with E-state index in [0.717, 1.165) is 0 Å². The van der Waals surface area contributed by atoms with Gasteiger partial charge in [0, 0.05) is 24.3 Å². The molecule has 1 rings (SSSR count). The van der Waals surface area contributed by atoms with E-state index in [9.17, 15) is 34.2 Å². The molecular formula is C20H28N4O8S2. The summed E-state index contributed by atoms with van der Waals surface area (Å²) in [5.74, 6) is -5.18. The molecule has 34 heavy (non-hydrogen) atoms. The first-order valence-electron chi connectivity index (χ1n) is 10.1. The summed E-state index contributed by atoms with van der Waals surface area (Å²) in [5, 5.41) is 34.7. The van der Waals surface area contributed by atoms with Crippen molar-refractivity contribution in [2.45, 2.75) is 43.4 Å². The molecule has 0 saturated carbocycles. The first-order chi connectivity index (χ1) is 16.0. The average Bonchev–Trinajstić information content (AvgIpc) is 2.79. The molecule has 1 aromatic rings. The number of carbonyl (C=O) groups is 5. The quantitative estimate of drug-likeness (QED) is 0.132. The number of rotatable bonds is 14. The van der Waals surface area contributed by atoms with Crippen LogP contribution in [0.1, 0.15) is 18.4 Å². The van der Waals surface area contributed by atoms with E-state index in [4.69, 9.17) is 10.8 Å². The Morgan fingerprint density at radius 1 is 0.824 bits per heavy atom. The largest absolute Gasteiger partial charge is 0.508 e. The zero-order valence-electron chi connectivity index (χ0n) is 18.0. The number of carbonyl (C=O) groups excluding carboxylic acids is 3. The van der Waals surface area contributed by atoms with Gasteiger partial charge in [-0.2, -0.15) is 25.3 Å². The lowest BCUT2D eigenvalue weighted by molar-refractivity contribution is -0.142. The predicted molar refractivity (Wildman–Crippen MR) is 128 cm³/mol. The van der Waals surface area contributed by atoms with E-state index < -0.39 is 60.2 Å². The lowest BCUT2D eigenvalue weighted by Crippen LogP contribution is -2.58. The van der Waals surface area contributed by atoms with E-state index in [1.165, 1.54) is 24.3 Å². The average molecular weight is 517 g/mol. The third-order valence-electron chi connectivity index (χ3n) is 4.62. The fourth-order valence-corrected chi connectivity index (χ4v) is 3.13. The Morgan fingerprint density at radius 3 is 1.85 bits per heavy atom. The highest BCUT2D eigenvalue weighted by Crippen LogP contribution is 2.12. The Labute approximate surface area is 206 Å². The number of phenols is 1. The maximum atomic E-state index is 12.7. The van der Waals surface area contributed by atoms with Crippen LogP contribution in [0.3, 0.4) is 0 Å². The fraction of sp³-hybridized carbons (Fsp3) is 0.450. The van der Waals surface area contributed by atoms with Gasteiger partial charge in [0.2, 0.25) is 17.7 Å². The molecule has 0 aliphatic rings. The molecule has 0 aromatic heterocycles. The van der Waals surface area contributed by atoms with Crippen molar-refractivity contribution in [2.75, 3.05) is 11.5 Å². The molecule has 0 fully saturated rings. The standard InChI is InChI=1S/C20H28N4O8S2/c21-12(8-33)17(28)22-13(5-6-16(26)27)18(29)24-15(9-34)19(30)23-14(20(31)32)7-10-1-3-11(25)4-2-10/h1-4,12-15,25,33-34H,5-9,21H2,(H,22,28)(H,23,30)(H,24,29)(H,26,27)(H,31,32). The zero-order valence-corrected chi connectivity index (χ0v) is 19.8. The number of aromatic hydroxyl groups is 1. The topological polar surface area (TPSA) is 208 Å². The molecule has 0 aliphatic carbocycles. The van der Waals surface area contributed by atoms with Crippen LogP contribution in [-0.2, 0) is 30.4 Å². The van der Waals surface area contributed by atoms with E-state index in [1.54, 1.807) is 0 Å². The molecule has 4 atom stereocenters. The van der Waals surface area contributed by atoms with Gasteiger partial charge in [0.05, 0.1) is 6.04 Å². The van der Waals surface area contributed by atoms with Crippen LogP contribution in [0.2, 0.25) is 0 Å². The smallest absolute Gasteiger partial charge is 0.326 e. The van der Waals surface area contributed by atoms with E-state index in [2.05, 4.69) is 41.2 Å². The van der Waals surface area contributed by atoms with Gasteiger partial charge >= 0.3 is 11.9 Å². The van der Waals surface area contributed by atoms with Gasteiger partial charge in [-0.25, -0.2) is 4.79 Å². The number of nitrogens with two attached hydrogens (primary N) is 1. The van der Waals surface area contributed by atoms with Crippen LogP contribution in [0.5, 0.6) is 5.75 Å². The molecule has 188 valence electrons. The summed E-state index contributed by atoms with van der Waals surface area (Å²) in [7, 11) is 0. The number of amides is 3. The van der Waals surface area contributed by atoms with Crippen molar-refractivity contribution < 1.29 is 39.3 Å². The van der Waals surface area contributed by atoms with E-state index in [-0.39, 0.29) is 30.1 Å². The third kappa shape index (κ3) is 9.89. The van der Waals surface area contributed by atoms with Crippen molar-refractivity contribution in [2.24, 2.45) is 5.73 Å². The molecule has 4 unspecified atom stereocenters. The number of carboxylic acids is 2. The summed E-state index contributed by atoms with van der Waals surface area (Å²) in [5.41, 5.74) is 6.10. The number of thiol groups is 2. The summed E-state index contributed by atoms with van der Waals surface area (Å²) in [6, 6.07) is 0.782. The molecule has 3 amide bonds. The van der Waals surface area contributed by atoms with Crippen molar-refractivity contribution in [1.29, 1.82) is 0 Å². The van der Waals surface area contributed by atoms with Crippen LogP contribution in [0, 0.1) is 0 Å². The summed E-state index contributed by atoms with van der Waals surface area (Å²) in [4.78, 5) is 59.9. The van der Waals surface area contributed by atoms with Gasteiger partial charge in [-0.05, 0) is 24.1 Å². The third-order valence-corrected chi connectivity index (χ3v) is 5.38. The van der Waals surface area contributed by atoms with Crippen LogP contribution >= 0.6 is 25.3 Å². The highest BCUT2D eigenvalue weighted by Gasteiger charge is 2.30. The summed E-state index contributed by atoms with van der Waals surface area (Å²) in [6.45, 7) is 0. The monoisotopic (exact) mass is 516 g/mol. The number of aliphatic carboxylic acids is 2. The normalized spacial score (nSPS) is 14.2.